The number of carbonyl (C=O) groups is 5. The highest BCUT2D eigenvalue weighted by Gasteiger charge is 2.32. The maximum atomic E-state index is 13.6. The Morgan fingerprint density at radius 3 is 2.16 bits per heavy atom. The van der Waals surface area contributed by atoms with Gasteiger partial charge in [-0.05, 0) is 120 Å². The van der Waals surface area contributed by atoms with E-state index >= 15 is 0 Å². The number of hydrogen-bond donors (Lipinski definition) is 2. The molecule has 76 heavy (non-hydrogen) atoms. The lowest BCUT2D eigenvalue weighted by atomic mass is 9.94. The molecule has 0 radical (unpaired) electrons. The van der Waals surface area contributed by atoms with Crippen molar-refractivity contribution in [3.63, 3.8) is 0 Å². The van der Waals surface area contributed by atoms with Crippen molar-refractivity contribution in [2.75, 3.05) is 69.2 Å². The van der Waals surface area contributed by atoms with Crippen LogP contribution >= 0.6 is 0 Å². The summed E-state index contributed by atoms with van der Waals surface area (Å²) in [6.45, 7) is 23.0. The molecule has 0 aromatic carbocycles. The number of esters is 1. The van der Waals surface area contributed by atoms with Crippen LogP contribution in [0, 0.1) is 0 Å². The summed E-state index contributed by atoms with van der Waals surface area (Å²) in [6, 6.07) is -0.914. The summed E-state index contributed by atoms with van der Waals surface area (Å²) < 4.78 is 32.3. The van der Waals surface area contributed by atoms with E-state index in [1.54, 1.807) is 41.6 Å². The van der Waals surface area contributed by atoms with Gasteiger partial charge < -0.3 is 53.9 Å². The fourth-order valence-corrected chi connectivity index (χ4v) is 9.34. The minimum atomic E-state index is -1.04. The Morgan fingerprint density at radius 1 is 0.803 bits per heavy atom. The Hall–Kier alpha value is -6.00. The van der Waals surface area contributed by atoms with Gasteiger partial charge >= 0.3 is 24.2 Å². The van der Waals surface area contributed by atoms with Crippen LogP contribution in [0.5, 0.6) is 0 Å². The number of carbonyl (C=O) groups excluding carboxylic acids is 5. The third-order valence-electron chi connectivity index (χ3n) is 13.1. The summed E-state index contributed by atoms with van der Waals surface area (Å²) in [5.74, 6) is 0.238. The fourth-order valence-electron chi connectivity index (χ4n) is 9.34. The molecule has 23 nitrogen and oxygen atoms in total. The van der Waals surface area contributed by atoms with Crippen molar-refractivity contribution in [1.29, 1.82) is 0 Å². The SMILES string of the molecule is CCCCOC(=O)[C@H](CCC(=O)N1CCN(c2nc(NCc3cn(CCCN(CCCN(C(=O)OC(C)(C)C)C4CCCCC4)C(=O)OC(C)(C)C)nn3)c3ncn(C4CCCCO4)c3n2)CC1)NC(=O)OC(C)(C)C. The van der Waals surface area contributed by atoms with Gasteiger partial charge in [0.05, 0.1) is 25.7 Å². The molecule has 0 spiro atoms. The number of alkyl carbamates (subject to hydrolysis) is 1. The maximum Gasteiger partial charge on any atom is 0.410 e. The van der Waals surface area contributed by atoms with Crippen molar-refractivity contribution in [1.82, 2.24) is 54.5 Å². The number of fused-ring (bicyclic) bond motifs is 1. The normalized spacial score (nSPS) is 17.2. The van der Waals surface area contributed by atoms with Crippen molar-refractivity contribution >= 4 is 53.1 Å². The predicted molar refractivity (Wildman–Crippen MR) is 285 cm³/mol. The number of imidazole rings is 1. The lowest BCUT2D eigenvalue weighted by molar-refractivity contribution is -0.146. The Labute approximate surface area is 448 Å². The van der Waals surface area contributed by atoms with Gasteiger partial charge in [0.1, 0.15) is 34.8 Å². The monoisotopic (exact) mass is 1070 g/mol. The average Bonchev–Trinajstić information content (AvgIpc) is 4.01. The molecule has 3 aliphatic rings. The second kappa shape index (κ2) is 27.4. The minimum absolute atomic E-state index is 0.0214. The van der Waals surface area contributed by atoms with Crippen LogP contribution in [0.2, 0.25) is 0 Å². The Balaban J connectivity index is 1.07. The molecule has 1 aliphatic carbocycles. The van der Waals surface area contributed by atoms with Crippen LogP contribution in [0.4, 0.5) is 26.1 Å². The first-order chi connectivity index (χ1) is 36.1. The number of ether oxygens (including phenoxy) is 5. The van der Waals surface area contributed by atoms with Crippen LogP contribution in [0.3, 0.4) is 0 Å². The van der Waals surface area contributed by atoms with Gasteiger partial charge in [-0.25, -0.2) is 24.2 Å². The van der Waals surface area contributed by atoms with E-state index in [4.69, 9.17) is 38.6 Å². The number of nitrogens with zero attached hydrogens (tertiary/aromatic N) is 11. The summed E-state index contributed by atoms with van der Waals surface area (Å²) in [4.78, 5) is 88.3. The number of anilines is 2. The van der Waals surface area contributed by atoms with E-state index in [9.17, 15) is 24.0 Å². The van der Waals surface area contributed by atoms with Crippen LogP contribution in [0.1, 0.15) is 171 Å². The van der Waals surface area contributed by atoms with Gasteiger partial charge in [-0.3, -0.25) is 14.0 Å². The summed E-state index contributed by atoms with van der Waals surface area (Å²) >= 11 is 0. The van der Waals surface area contributed by atoms with E-state index in [1.165, 1.54) is 6.42 Å². The van der Waals surface area contributed by atoms with E-state index in [2.05, 4.69) is 20.9 Å². The number of hydrogen-bond acceptors (Lipinski definition) is 17. The van der Waals surface area contributed by atoms with Gasteiger partial charge in [0.2, 0.25) is 11.9 Å². The fraction of sp³-hybridized carbons (Fsp3) is 0.774. The minimum Gasteiger partial charge on any atom is -0.464 e. The first kappa shape index (κ1) is 59.2. The van der Waals surface area contributed by atoms with E-state index in [0.29, 0.717) is 107 Å². The van der Waals surface area contributed by atoms with E-state index in [1.807, 2.05) is 69.0 Å². The molecule has 1 unspecified atom stereocenters. The highest BCUT2D eigenvalue weighted by molar-refractivity contribution is 5.85. The van der Waals surface area contributed by atoms with Crippen LogP contribution < -0.4 is 15.5 Å². The Bertz CT molecular complexity index is 2350. The molecule has 23 heteroatoms. The smallest absolute Gasteiger partial charge is 0.410 e. The number of amides is 4. The number of aryl methyl sites for hydroxylation is 1. The summed E-state index contributed by atoms with van der Waals surface area (Å²) in [7, 11) is 0. The lowest BCUT2D eigenvalue weighted by Gasteiger charge is -2.36. The van der Waals surface area contributed by atoms with Crippen molar-refractivity contribution in [2.24, 2.45) is 0 Å². The second-order valence-corrected chi connectivity index (χ2v) is 23.1. The quantitative estimate of drug-likeness (QED) is 0.0550. The van der Waals surface area contributed by atoms with Gasteiger partial charge in [0.15, 0.2) is 17.0 Å². The van der Waals surface area contributed by atoms with Gasteiger partial charge in [0, 0.05) is 71.4 Å². The molecule has 2 N–H and O–H groups in total. The molecular weight excluding hydrogens is 979 g/mol. The zero-order valence-electron chi connectivity index (χ0n) is 47.1. The first-order valence-electron chi connectivity index (χ1n) is 27.7. The van der Waals surface area contributed by atoms with Crippen molar-refractivity contribution < 1.29 is 47.7 Å². The molecule has 3 aromatic heterocycles. The number of rotatable bonds is 22. The topological polar surface area (TPSA) is 243 Å². The second-order valence-electron chi connectivity index (χ2n) is 23.1. The van der Waals surface area contributed by atoms with Crippen LogP contribution in [-0.4, -0.2) is 167 Å². The first-order valence-corrected chi connectivity index (χ1v) is 27.7. The third-order valence-corrected chi connectivity index (χ3v) is 13.1. The Morgan fingerprint density at radius 2 is 1.49 bits per heavy atom. The molecule has 6 rings (SSSR count). The molecule has 5 heterocycles. The molecule has 0 bridgehead atoms. The van der Waals surface area contributed by atoms with E-state index < -0.39 is 41.0 Å². The van der Waals surface area contributed by atoms with Gasteiger partial charge in [-0.1, -0.05) is 37.8 Å². The summed E-state index contributed by atoms with van der Waals surface area (Å²) in [5.41, 5.74) is -0.180. The van der Waals surface area contributed by atoms with Crippen LogP contribution in [0.25, 0.3) is 11.2 Å². The summed E-state index contributed by atoms with van der Waals surface area (Å²) in [6.07, 6.45) is 12.8. The standard InChI is InChI=1S/C53H87N13O10/c1-11-12-33-73-46(68)40(56-48(69)74-51(2,3)4)23-24-41(67)61-29-31-62(32-30-61)47-57-44(43-45(58-47)66(37-55-43)42-22-16-17-34-72-42)54-35-38-36-64(60-59-38)27-18-25-63(49(70)75-52(5,6)7)26-19-28-65(39-20-14-13-15-21-39)50(71)76-53(8,9)10/h36-37,39-40,42H,11-35H2,1-10H3,(H,56,69)(H,54,57,58)/t40-,42?/m0/s1. The highest BCUT2D eigenvalue weighted by atomic mass is 16.6. The molecule has 1 saturated carbocycles. The van der Waals surface area contributed by atoms with E-state index in [-0.39, 0.29) is 50.3 Å². The van der Waals surface area contributed by atoms with Gasteiger partial charge in [0.25, 0.3) is 0 Å². The molecule has 2 aliphatic heterocycles. The van der Waals surface area contributed by atoms with Crippen molar-refractivity contribution in [3.05, 3.63) is 18.2 Å². The highest BCUT2D eigenvalue weighted by Crippen LogP contribution is 2.30. The van der Waals surface area contributed by atoms with Gasteiger partial charge in [-0.15, -0.1) is 5.10 Å². The summed E-state index contributed by atoms with van der Waals surface area (Å²) in [5, 5.41) is 14.9. The van der Waals surface area contributed by atoms with Crippen LogP contribution in [0.15, 0.2) is 12.5 Å². The maximum absolute atomic E-state index is 13.6. The third kappa shape index (κ3) is 18.6. The zero-order chi connectivity index (χ0) is 55.0. The molecule has 2 atom stereocenters. The van der Waals surface area contributed by atoms with Crippen molar-refractivity contribution in [2.45, 2.75) is 207 Å². The van der Waals surface area contributed by atoms with E-state index in [0.717, 1.165) is 51.4 Å². The Kier molecular flexibility index (Phi) is 21.3. The zero-order valence-corrected chi connectivity index (χ0v) is 47.1. The van der Waals surface area contributed by atoms with Crippen molar-refractivity contribution in [3.8, 4) is 0 Å². The molecule has 2 saturated heterocycles. The number of aromatic nitrogens is 7. The number of piperazine rings is 1. The predicted octanol–water partition coefficient (Wildman–Crippen LogP) is 7.98. The molecular formula is C53H87N13O10. The van der Waals surface area contributed by atoms with Crippen LogP contribution in [-0.2, 0) is 46.4 Å². The lowest BCUT2D eigenvalue weighted by Crippen LogP contribution is -2.50. The molecule has 3 fully saturated rings. The average molecular weight is 1070 g/mol. The molecule has 4 amide bonds. The largest absolute Gasteiger partial charge is 0.464 e. The molecule has 3 aromatic rings. The number of unbranched alkanes of at least 4 members (excludes halogenated alkanes) is 1. The molecule has 424 valence electrons. The van der Waals surface area contributed by atoms with Gasteiger partial charge in [-0.2, -0.15) is 9.97 Å². The number of nitrogens with one attached hydrogen (secondary N) is 2.